The molecule has 0 saturated carbocycles. The summed E-state index contributed by atoms with van der Waals surface area (Å²) in [5, 5.41) is 2.49. The fourth-order valence-corrected chi connectivity index (χ4v) is 6.85. The van der Waals surface area contributed by atoms with E-state index >= 15 is 0 Å². The van der Waals surface area contributed by atoms with Gasteiger partial charge >= 0.3 is 6.18 Å². The average molecular weight is 583 g/mol. The van der Waals surface area contributed by atoms with Crippen LogP contribution in [0.2, 0.25) is 5.02 Å². The van der Waals surface area contributed by atoms with Crippen LogP contribution in [0.1, 0.15) is 69.1 Å². The first kappa shape index (κ1) is 27.6. The molecule has 2 aromatic carbocycles. The first-order valence-electron chi connectivity index (χ1n) is 13.9. The molecular formula is C31H30ClF3N4O2. The number of rotatable bonds is 4. The Labute approximate surface area is 241 Å². The Morgan fingerprint density at radius 2 is 1.73 bits per heavy atom. The van der Waals surface area contributed by atoms with E-state index in [4.69, 9.17) is 11.6 Å². The molecule has 214 valence electrons. The molecule has 10 heteroatoms. The van der Waals surface area contributed by atoms with Crippen LogP contribution >= 0.6 is 11.6 Å². The third kappa shape index (κ3) is 5.39. The molecule has 0 unspecified atom stereocenters. The van der Waals surface area contributed by atoms with Gasteiger partial charge in [0.05, 0.1) is 22.2 Å². The summed E-state index contributed by atoms with van der Waals surface area (Å²) in [6.07, 6.45) is 3.06. The van der Waals surface area contributed by atoms with Gasteiger partial charge in [0.2, 0.25) is 0 Å². The molecule has 41 heavy (non-hydrogen) atoms. The monoisotopic (exact) mass is 582 g/mol. The number of benzene rings is 2. The van der Waals surface area contributed by atoms with Crippen molar-refractivity contribution >= 4 is 29.1 Å². The summed E-state index contributed by atoms with van der Waals surface area (Å²) in [7, 11) is 0. The number of pyridine rings is 1. The number of amides is 2. The SMILES string of the molecule is O=C(N[C@@H]1CCc2ccc(C(=O)N3CCC4(CC3)CCN(c3ccncc3)C4)cc21)c1c(Cl)cccc1C(F)(F)F. The van der Waals surface area contributed by atoms with Crippen molar-refractivity contribution in [2.75, 3.05) is 31.1 Å². The number of fused-ring (bicyclic) bond motifs is 1. The summed E-state index contributed by atoms with van der Waals surface area (Å²) in [4.78, 5) is 34.9. The van der Waals surface area contributed by atoms with Gasteiger partial charge in [-0.05, 0) is 85.0 Å². The first-order chi connectivity index (χ1) is 19.6. The maximum absolute atomic E-state index is 13.6. The van der Waals surface area contributed by atoms with Crippen LogP contribution in [0.4, 0.5) is 18.9 Å². The topological polar surface area (TPSA) is 65.5 Å². The molecule has 1 aromatic heterocycles. The molecule has 2 saturated heterocycles. The fourth-order valence-electron chi connectivity index (χ4n) is 6.59. The molecule has 6 nitrogen and oxygen atoms in total. The molecule has 1 spiro atoms. The van der Waals surface area contributed by atoms with E-state index in [0.717, 1.165) is 49.5 Å². The van der Waals surface area contributed by atoms with Crippen molar-refractivity contribution in [3.8, 4) is 0 Å². The molecular weight excluding hydrogens is 553 g/mol. The van der Waals surface area contributed by atoms with Gasteiger partial charge in [-0.2, -0.15) is 13.2 Å². The number of nitrogens with zero attached hydrogens (tertiary/aromatic N) is 3. The number of carbonyl (C=O) groups excluding carboxylic acids is 2. The Balaban J connectivity index is 1.13. The smallest absolute Gasteiger partial charge is 0.371 e. The Morgan fingerprint density at radius 3 is 2.46 bits per heavy atom. The molecule has 6 rings (SSSR count). The van der Waals surface area contributed by atoms with E-state index in [2.05, 4.69) is 15.2 Å². The molecule has 1 atom stereocenters. The van der Waals surface area contributed by atoms with Crippen molar-refractivity contribution in [3.05, 3.63) is 93.8 Å². The largest absolute Gasteiger partial charge is 0.417 e. The summed E-state index contributed by atoms with van der Waals surface area (Å²) in [5.74, 6) is -0.940. The van der Waals surface area contributed by atoms with Crippen molar-refractivity contribution in [2.45, 2.75) is 44.3 Å². The van der Waals surface area contributed by atoms with Crippen molar-refractivity contribution in [1.29, 1.82) is 0 Å². The number of hydrogen-bond donors (Lipinski definition) is 1. The summed E-state index contributed by atoms with van der Waals surface area (Å²) in [6.45, 7) is 3.31. The number of alkyl halides is 3. The number of anilines is 1. The van der Waals surface area contributed by atoms with Crippen LogP contribution in [0.3, 0.4) is 0 Å². The second-order valence-electron chi connectivity index (χ2n) is 11.3. The van der Waals surface area contributed by atoms with Crippen molar-refractivity contribution < 1.29 is 22.8 Å². The molecule has 3 heterocycles. The highest BCUT2D eigenvalue weighted by atomic mass is 35.5. The van der Waals surface area contributed by atoms with Gasteiger partial charge < -0.3 is 15.1 Å². The van der Waals surface area contributed by atoms with Gasteiger partial charge in [0.25, 0.3) is 11.8 Å². The lowest BCUT2D eigenvalue weighted by atomic mass is 9.77. The minimum Gasteiger partial charge on any atom is -0.371 e. The standard InChI is InChI=1S/C31H30ClF3N4O2/c32-25-3-1-2-24(31(33,34)35)27(25)28(40)37-26-7-6-20-4-5-21(18-23(20)26)29(41)38-15-10-30(11-16-38)12-17-39(19-30)22-8-13-36-14-9-22/h1-5,8-9,13-14,18,26H,6-7,10-12,15-17,19H2,(H,37,40)/t26-/m1/s1. The van der Waals surface area contributed by atoms with Crippen LogP contribution in [0.5, 0.6) is 0 Å². The number of carbonyl (C=O) groups is 2. The van der Waals surface area contributed by atoms with Crippen LogP contribution in [-0.4, -0.2) is 47.9 Å². The Kier molecular flexibility index (Phi) is 7.18. The quantitative estimate of drug-likeness (QED) is 0.392. The number of halogens is 4. The Bertz CT molecular complexity index is 1470. The van der Waals surface area contributed by atoms with E-state index in [0.29, 0.717) is 31.5 Å². The summed E-state index contributed by atoms with van der Waals surface area (Å²) in [5.41, 5.74) is 1.99. The second kappa shape index (κ2) is 10.7. The van der Waals surface area contributed by atoms with Crippen LogP contribution in [-0.2, 0) is 12.6 Å². The van der Waals surface area contributed by atoms with Gasteiger partial charge in [-0.1, -0.05) is 23.7 Å². The maximum atomic E-state index is 13.6. The number of hydrogen-bond acceptors (Lipinski definition) is 4. The van der Waals surface area contributed by atoms with Crippen molar-refractivity contribution in [3.63, 3.8) is 0 Å². The first-order valence-corrected chi connectivity index (χ1v) is 14.3. The molecule has 3 aliphatic rings. The highest BCUT2D eigenvalue weighted by Crippen LogP contribution is 2.42. The molecule has 0 radical (unpaired) electrons. The van der Waals surface area contributed by atoms with Crippen LogP contribution < -0.4 is 10.2 Å². The zero-order valence-electron chi connectivity index (χ0n) is 22.4. The third-order valence-corrected chi connectivity index (χ3v) is 9.21. The molecule has 2 fully saturated rings. The number of nitrogens with one attached hydrogen (secondary N) is 1. The molecule has 1 N–H and O–H groups in total. The number of likely N-dealkylation sites (tertiary alicyclic amines) is 1. The van der Waals surface area contributed by atoms with Gasteiger partial charge in [-0.15, -0.1) is 0 Å². The highest BCUT2D eigenvalue weighted by molar-refractivity contribution is 6.34. The van der Waals surface area contributed by atoms with E-state index in [-0.39, 0.29) is 16.3 Å². The van der Waals surface area contributed by atoms with Crippen molar-refractivity contribution in [2.24, 2.45) is 5.41 Å². The average Bonchev–Trinajstić information content (AvgIpc) is 3.57. The predicted molar refractivity (Wildman–Crippen MR) is 150 cm³/mol. The number of piperidine rings is 1. The Morgan fingerprint density at radius 1 is 1.00 bits per heavy atom. The third-order valence-electron chi connectivity index (χ3n) is 8.90. The molecule has 3 aromatic rings. The van der Waals surface area contributed by atoms with Gasteiger partial charge in [-0.3, -0.25) is 14.6 Å². The molecule has 0 bridgehead atoms. The summed E-state index contributed by atoms with van der Waals surface area (Å²) < 4.78 is 40.7. The second-order valence-corrected chi connectivity index (χ2v) is 11.7. The lowest BCUT2D eigenvalue weighted by Gasteiger charge is -2.39. The highest BCUT2D eigenvalue weighted by Gasteiger charge is 2.42. The van der Waals surface area contributed by atoms with Gasteiger partial charge in [0.1, 0.15) is 0 Å². The lowest BCUT2D eigenvalue weighted by Crippen LogP contribution is -2.44. The van der Waals surface area contributed by atoms with E-state index in [1.807, 2.05) is 41.6 Å². The van der Waals surface area contributed by atoms with E-state index in [1.54, 1.807) is 6.07 Å². The van der Waals surface area contributed by atoms with Gasteiger partial charge in [-0.25, -0.2) is 0 Å². The zero-order valence-corrected chi connectivity index (χ0v) is 23.1. The summed E-state index contributed by atoms with van der Waals surface area (Å²) in [6, 6.07) is 12.4. The minimum atomic E-state index is -4.71. The number of aryl methyl sites for hydroxylation is 1. The van der Waals surface area contributed by atoms with Crippen molar-refractivity contribution in [1.82, 2.24) is 15.2 Å². The number of aromatic nitrogens is 1. The minimum absolute atomic E-state index is 0.0610. The van der Waals surface area contributed by atoms with Crippen LogP contribution in [0, 0.1) is 5.41 Å². The normalized spacial score (nSPS) is 19.9. The zero-order chi connectivity index (χ0) is 28.8. The Hall–Kier alpha value is -3.59. The maximum Gasteiger partial charge on any atom is 0.417 e. The van der Waals surface area contributed by atoms with Gasteiger partial charge in [0.15, 0.2) is 0 Å². The van der Waals surface area contributed by atoms with E-state index < -0.39 is 29.3 Å². The molecule has 1 aliphatic carbocycles. The molecule has 2 aliphatic heterocycles. The van der Waals surface area contributed by atoms with Crippen LogP contribution in [0.15, 0.2) is 60.9 Å². The summed E-state index contributed by atoms with van der Waals surface area (Å²) >= 11 is 6.04. The molecule has 2 amide bonds. The lowest BCUT2D eigenvalue weighted by molar-refractivity contribution is -0.137. The fraction of sp³-hybridized carbons (Fsp3) is 0.387. The van der Waals surface area contributed by atoms with Crippen LogP contribution in [0.25, 0.3) is 0 Å². The predicted octanol–water partition coefficient (Wildman–Crippen LogP) is 6.30. The van der Waals surface area contributed by atoms with Gasteiger partial charge in [0, 0.05) is 49.8 Å². The van der Waals surface area contributed by atoms with E-state index in [1.165, 1.54) is 17.8 Å². The van der Waals surface area contributed by atoms with E-state index in [9.17, 15) is 22.8 Å².